The molecule has 2 aromatic carbocycles. The van der Waals surface area contributed by atoms with Gasteiger partial charge in [0.1, 0.15) is 22.2 Å². The Balaban J connectivity index is 1.41. The number of benzene rings is 2. The molecule has 31 heavy (non-hydrogen) atoms. The minimum Gasteiger partial charge on any atom is -0.356 e. The molecule has 2 N–H and O–H groups in total. The summed E-state index contributed by atoms with van der Waals surface area (Å²) in [7, 11) is -4.05. The number of anilines is 1. The number of aromatic nitrogens is 1. The molecule has 1 aliphatic rings. The summed E-state index contributed by atoms with van der Waals surface area (Å²) in [6.45, 7) is 1.09. The van der Waals surface area contributed by atoms with Crippen molar-refractivity contribution in [3.8, 4) is 0 Å². The van der Waals surface area contributed by atoms with Crippen molar-refractivity contribution < 1.29 is 22.0 Å². The van der Waals surface area contributed by atoms with Crippen molar-refractivity contribution in [2.75, 3.05) is 17.8 Å². The number of hydrogen-bond acceptors (Lipinski definition) is 3. The van der Waals surface area contributed by atoms with Crippen LogP contribution in [0.15, 0.2) is 65.7 Å². The summed E-state index contributed by atoms with van der Waals surface area (Å²) in [5.74, 6) is -1.03. The number of rotatable bonds is 6. The molecule has 6 nitrogen and oxygen atoms in total. The largest absolute Gasteiger partial charge is 0.356 e. The van der Waals surface area contributed by atoms with Crippen LogP contribution >= 0.6 is 0 Å². The van der Waals surface area contributed by atoms with Crippen LogP contribution in [0.4, 0.5) is 14.5 Å². The van der Waals surface area contributed by atoms with Crippen molar-refractivity contribution in [2.24, 2.45) is 5.92 Å². The Labute approximate surface area is 179 Å². The minimum atomic E-state index is -4.05. The van der Waals surface area contributed by atoms with Crippen molar-refractivity contribution in [3.63, 3.8) is 0 Å². The van der Waals surface area contributed by atoms with Gasteiger partial charge in [0.25, 0.3) is 15.9 Å². The minimum absolute atomic E-state index is 0.149. The second-order valence-electron chi connectivity index (χ2n) is 7.57. The summed E-state index contributed by atoms with van der Waals surface area (Å²) in [6.07, 6.45) is 2.76. The second-order valence-corrected chi connectivity index (χ2v) is 9.25. The molecule has 1 atom stereocenters. The number of carbonyl (C=O) groups is 1. The molecule has 1 aliphatic heterocycles. The first-order valence-corrected chi connectivity index (χ1v) is 11.3. The molecule has 1 saturated heterocycles. The average Bonchev–Trinajstić information content (AvgIpc) is 3.41. The highest BCUT2D eigenvalue weighted by Crippen LogP contribution is 2.24. The van der Waals surface area contributed by atoms with E-state index < -0.39 is 15.8 Å². The normalized spacial score (nSPS) is 16.5. The van der Waals surface area contributed by atoms with Gasteiger partial charge in [-0.2, -0.15) is 0 Å². The van der Waals surface area contributed by atoms with Crippen LogP contribution in [-0.4, -0.2) is 37.3 Å². The Morgan fingerprint density at radius 1 is 1.13 bits per heavy atom. The summed E-state index contributed by atoms with van der Waals surface area (Å²) in [5.41, 5.74) is 0.990. The summed E-state index contributed by atoms with van der Waals surface area (Å²) in [5, 5.41) is 0. The van der Waals surface area contributed by atoms with Gasteiger partial charge in [0, 0.05) is 19.3 Å². The van der Waals surface area contributed by atoms with Crippen molar-refractivity contribution in [1.82, 2.24) is 9.88 Å². The third kappa shape index (κ3) is 4.77. The van der Waals surface area contributed by atoms with Crippen LogP contribution in [0, 0.1) is 17.6 Å². The molecule has 9 heteroatoms. The van der Waals surface area contributed by atoms with Crippen LogP contribution in [0.5, 0.6) is 0 Å². The number of hydrogen-bond donors (Lipinski definition) is 2. The van der Waals surface area contributed by atoms with Crippen LogP contribution in [-0.2, 0) is 16.4 Å². The fourth-order valence-corrected chi connectivity index (χ4v) is 4.77. The number of para-hydroxylation sites is 1. The van der Waals surface area contributed by atoms with Gasteiger partial charge in [-0.15, -0.1) is 0 Å². The number of likely N-dealkylation sites (tertiary alicyclic amines) is 1. The molecule has 0 spiro atoms. The SMILES string of the molecule is O=C(c1cc(S(=O)(=O)Nc2ccccc2F)c[nH]1)N1CCC(Cc2ccc(F)cc2)C1. The molecule has 3 aromatic rings. The molecule has 0 saturated carbocycles. The first-order valence-electron chi connectivity index (χ1n) is 9.81. The number of carbonyl (C=O) groups excluding carboxylic acids is 1. The molecule has 1 aromatic heterocycles. The molecule has 1 amide bonds. The van der Waals surface area contributed by atoms with Crippen LogP contribution in [0.3, 0.4) is 0 Å². The Morgan fingerprint density at radius 2 is 1.87 bits per heavy atom. The topological polar surface area (TPSA) is 82.3 Å². The molecule has 0 radical (unpaired) electrons. The van der Waals surface area contributed by atoms with E-state index in [1.54, 1.807) is 17.0 Å². The first-order chi connectivity index (χ1) is 14.8. The van der Waals surface area contributed by atoms with Crippen molar-refractivity contribution >= 4 is 21.6 Å². The lowest BCUT2D eigenvalue weighted by molar-refractivity contribution is 0.0782. The fourth-order valence-electron chi connectivity index (χ4n) is 3.71. The summed E-state index contributed by atoms with van der Waals surface area (Å²) >= 11 is 0. The Morgan fingerprint density at radius 3 is 2.61 bits per heavy atom. The van der Waals surface area contributed by atoms with Gasteiger partial charge in [0.15, 0.2) is 0 Å². The number of amides is 1. The summed E-state index contributed by atoms with van der Waals surface area (Å²) in [6, 6.07) is 13.0. The fraction of sp³-hybridized carbons (Fsp3) is 0.227. The second kappa shape index (κ2) is 8.50. The Hall–Kier alpha value is -3.20. The van der Waals surface area contributed by atoms with Gasteiger partial charge in [0.2, 0.25) is 0 Å². The Bertz CT molecular complexity index is 1190. The predicted molar refractivity (Wildman–Crippen MR) is 112 cm³/mol. The average molecular weight is 445 g/mol. The molecule has 4 rings (SSSR count). The number of nitrogens with one attached hydrogen (secondary N) is 2. The molecule has 0 bridgehead atoms. The van der Waals surface area contributed by atoms with Gasteiger partial charge >= 0.3 is 0 Å². The van der Waals surface area contributed by atoms with Crippen molar-refractivity contribution in [2.45, 2.75) is 17.7 Å². The highest BCUT2D eigenvalue weighted by atomic mass is 32.2. The van der Waals surface area contributed by atoms with Gasteiger partial charge in [-0.05, 0) is 54.7 Å². The quantitative estimate of drug-likeness (QED) is 0.606. The third-order valence-corrected chi connectivity index (χ3v) is 6.67. The zero-order chi connectivity index (χ0) is 22.0. The van der Waals surface area contributed by atoms with E-state index in [2.05, 4.69) is 9.71 Å². The maximum absolute atomic E-state index is 13.8. The van der Waals surface area contributed by atoms with E-state index in [1.165, 1.54) is 42.6 Å². The zero-order valence-corrected chi connectivity index (χ0v) is 17.3. The maximum Gasteiger partial charge on any atom is 0.270 e. The molecule has 162 valence electrons. The monoisotopic (exact) mass is 445 g/mol. The predicted octanol–water partition coefficient (Wildman–Crippen LogP) is 3.80. The van der Waals surface area contributed by atoms with E-state index in [1.807, 2.05) is 0 Å². The van der Waals surface area contributed by atoms with Gasteiger partial charge in [-0.25, -0.2) is 17.2 Å². The van der Waals surface area contributed by atoms with E-state index >= 15 is 0 Å². The van der Waals surface area contributed by atoms with E-state index in [9.17, 15) is 22.0 Å². The van der Waals surface area contributed by atoms with E-state index in [0.29, 0.717) is 13.1 Å². The van der Waals surface area contributed by atoms with Gasteiger partial charge < -0.3 is 9.88 Å². The number of sulfonamides is 1. The lowest BCUT2D eigenvalue weighted by Crippen LogP contribution is -2.29. The van der Waals surface area contributed by atoms with Crippen LogP contribution in [0.25, 0.3) is 0 Å². The highest BCUT2D eigenvalue weighted by Gasteiger charge is 2.29. The van der Waals surface area contributed by atoms with E-state index in [4.69, 9.17) is 0 Å². The van der Waals surface area contributed by atoms with Crippen LogP contribution < -0.4 is 4.72 Å². The molecule has 2 heterocycles. The number of H-pyrrole nitrogens is 1. The smallest absolute Gasteiger partial charge is 0.270 e. The number of nitrogens with zero attached hydrogens (tertiary/aromatic N) is 1. The lowest BCUT2D eigenvalue weighted by atomic mass is 9.99. The van der Waals surface area contributed by atoms with Crippen LogP contribution in [0.2, 0.25) is 0 Å². The van der Waals surface area contributed by atoms with E-state index in [-0.39, 0.29) is 33.9 Å². The van der Waals surface area contributed by atoms with Gasteiger partial charge in [-0.1, -0.05) is 24.3 Å². The Kier molecular flexibility index (Phi) is 5.77. The number of halogens is 2. The highest BCUT2D eigenvalue weighted by molar-refractivity contribution is 7.92. The van der Waals surface area contributed by atoms with E-state index in [0.717, 1.165) is 24.5 Å². The summed E-state index contributed by atoms with van der Waals surface area (Å²) in [4.78, 5) is 17.0. The lowest BCUT2D eigenvalue weighted by Gasteiger charge is -2.15. The van der Waals surface area contributed by atoms with Crippen LogP contribution in [0.1, 0.15) is 22.5 Å². The number of aromatic amines is 1. The maximum atomic E-state index is 13.8. The molecule has 1 fully saturated rings. The van der Waals surface area contributed by atoms with Crippen molar-refractivity contribution in [3.05, 3.63) is 83.7 Å². The first kappa shape index (κ1) is 21.0. The third-order valence-electron chi connectivity index (χ3n) is 5.33. The summed E-state index contributed by atoms with van der Waals surface area (Å²) < 4.78 is 54.1. The van der Waals surface area contributed by atoms with Crippen molar-refractivity contribution in [1.29, 1.82) is 0 Å². The van der Waals surface area contributed by atoms with Gasteiger partial charge in [-0.3, -0.25) is 9.52 Å². The molecule has 1 unspecified atom stereocenters. The standard InChI is InChI=1S/C22H21F2N3O3S/c23-17-7-5-15(6-8-17)11-16-9-10-27(14-16)22(28)21-12-18(13-25-21)31(29,30)26-20-4-2-1-3-19(20)24/h1-8,12-13,16,25-26H,9-11,14H2. The molecular formula is C22H21F2N3O3S. The zero-order valence-electron chi connectivity index (χ0n) is 16.5. The van der Waals surface area contributed by atoms with Gasteiger partial charge in [0.05, 0.1) is 5.69 Å². The molecular weight excluding hydrogens is 424 g/mol. The molecule has 0 aliphatic carbocycles.